The Labute approximate surface area is 84.2 Å². The van der Waals surface area contributed by atoms with Crippen LogP contribution in [0.1, 0.15) is 5.56 Å². The number of ether oxygens (including phenoxy) is 1. The molecule has 0 aliphatic carbocycles. The van der Waals surface area contributed by atoms with Crippen molar-refractivity contribution in [2.75, 3.05) is 7.11 Å². The zero-order valence-electron chi connectivity index (χ0n) is 7.37. The van der Waals surface area contributed by atoms with Gasteiger partial charge in [-0.3, -0.25) is 0 Å². The smallest absolute Gasteiger partial charge is 0.141 e. The number of rotatable bonds is 1. The van der Waals surface area contributed by atoms with Crippen LogP contribution in [0.25, 0.3) is 10.1 Å². The second-order valence-corrected chi connectivity index (χ2v) is 3.59. The molecule has 0 bridgehead atoms. The molecule has 14 heavy (non-hydrogen) atoms. The van der Waals surface area contributed by atoms with Crippen LogP contribution in [0.5, 0.6) is 5.75 Å². The molecule has 2 aromatic rings. The monoisotopic (exact) mass is 207 g/mol. The van der Waals surface area contributed by atoms with Gasteiger partial charge in [0, 0.05) is 5.38 Å². The third kappa shape index (κ3) is 1.14. The Kier molecular flexibility index (Phi) is 2.10. The lowest BCUT2D eigenvalue weighted by Gasteiger charge is -2.01. The predicted molar refractivity (Wildman–Crippen MR) is 53.1 cm³/mol. The molecule has 2 rings (SSSR count). The number of hydrogen-bond donors (Lipinski definition) is 0. The van der Waals surface area contributed by atoms with E-state index < -0.39 is 0 Å². The van der Waals surface area contributed by atoms with Gasteiger partial charge in [0.15, 0.2) is 0 Å². The van der Waals surface area contributed by atoms with Crippen LogP contribution < -0.4 is 4.74 Å². The standard InChI is InChI=1S/C10H6FNOS/c1-13-8-3-2-7(11)10-9(8)6(4-12)5-14-10/h2-3,5H,1H3. The zero-order chi connectivity index (χ0) is 10.1. The molecule has 4 heteroatoms. The summed E-state index contributed by atoms with van der Waals surface area (Å²) in [6.07, 6.45) is 0. The molecule has 0 saturated heterocycles. The van der Waals surface area contributed by atoms with Crippen LogP contribution >= 0.6 is 11.3 Å². The van der Waals surface area contributed by atoms with E-state index in [1.807, 2.05) is 6.07 Å². The molecule has 0 fully saturated rings. The summed E-state index contributed by atoms with van der Waals surface area (Å²) < 4.78 is 18.8. The van der Waals surface area contributed by atoms with Crippen molar-refractivity contribution in [2.24, 2.45) is 0 Å². The highest BCUT2D eigenvalue weighted by atomic mass is 32.1. The van der Waals surface area contributed by atoms with Crippen molar-refractivity contribution in [1.29, 1.82) is 5.26 Å². The van der Waals surface area contributed by atoms with Crippen LogP contribution in [0.3, 0.4) is 0 Å². The van der Waals surface area contributed by atoms with Crippen LogP contribution in [0.15, 0.2) is 17.5 Å². The first-order valence-electron chi connectivity index (χ1n) is 3.91. The molecule has 0 amide bonds. The van der Waals surface area contributed by atoms with Crippen LogP contribution in [-0.4, -0.2) is 7.11 Å². The molecule has 2 nitrogen and oxygen atoms in total. The Hall–Kier alpha value is -1.60. The molecular weight excluding hydrogens is 201 g/mol. The van der Waals surface area contributed by atoms with Crippen molar-refractivity contribution in [3.8, 4) is 11.8 Å². The Morgan fingerprint density at radius 2 is 2.29 bits per heavy atom. The second-order valence-electron chi connectivity index (χ2n) is 2.71. The van der Waals surface area contributed by atoms with Crippen molar-refractivity contribution in [3.05, 3.63) is 28.9 Å². The van der Waals surface area contributed by atoms with Gasteiger partial charge in [0.05, 0.1) is 22.8 Å². The summed E-state index contributed by atoms with van der Waals surface area (Å²) >= 11 is 1.22. The van der Waals surface area contributed by atoms with E-state index in [-0.39, 0.29) is 5.82 Å². The molecule has 0 radical (unpaired) electrons. The maximum Gasteiger partial charge on any atom is 0.141 e. The van der Waals surface area contributed by atoms with Crippen LogP contribution in [0.4, 0.5) is 4.39 Å². The van der Waals surface area contributed by atoms with Crippen molar-refractivity contribution in [2.45, 2.75) is 0 Å². The lowest BCUT2D eigenvalue weighted by atomic mass is 10.1. The number of nitrogens with zero attached hydrogens (tertiary/aromatic N) is 1. The highest BCUT2D eigenvalue weighted by Crippen LogP contribution is 2.35. The normalized spacial score (nSPS) is 10.1. The van der Waals surface area contributed by atoms with Crippen molar-refractivity contribution < 1.29 is 9.13 Å². The molecular formula is C10H6FNOS. The first-order chi connectivity index (χ1) is 6.77. The topological polar surface area (TPSA) is 33.0 Å². The maximum absolute atomic E-state index is 13.3. The van der Waals surface area contributed by atoms with Gasteiger partial charge < -0.3 is 4.74 Å². The number of halogens is 1. The molecule has 70 valence electrons. The summed E-state index contributed by atoms with van der Waals surface area (Å²) in [5, 5.41) is 11.0. The molecule has 0 atom stereocenters. The first kappa shape index (κ1) is 8.97. The molecule has 0 aliphatic rings. The highest BCUT2D eigenvalue weighted by molar-refractivity contribution is 7.17. The predicted octanol–water partition coefficient (Wildman–Crippen LogP) is 2.92. The van der Waals surface area contributed by atoms with Gasteiger partial charge in [-0.05, 0) is 12.1 Å². The number of thiophene rings is 1. The summed E-state index contributed by atoms with van der Waals surface area (Å²) in [5.41, 5.74) is 0.460. The number of fused-ring (bicyclic) bond motifs is 1. The SMILES string of the molecule is COc1ccc(F)c2scc(C#N)c12. The number of methoxy groups -OCH3 is 1. The lowest BCUT2D eigenvalue weighted by Crippen LogP contribution is -1.85. The van der Waals surface area contributed by atoms with E-state index in [0.717, 1.165) is 0 Å². The second kappa shape index (κ2) is 3.28. The third-order valence-electron chi connectivity index (χ3n) is 1.98. The summed E-state index contributed by atoms with van der Waals surface area (Å²) in [5.74, 6) is 0.228. The molecule has 1 heterocycles. The zero-order valence-corrected chi connectivity index (χ0v) is 8.19. The fraction of sp³-hybridized carbons (Fsp3) is 0.100. The van der Waals surface area contributed by atoms with Gasteiger partial charge in [-0.25, -0.2) is 4.39 Å². The molecule has 0 saturated carbocycles. The molecule has 0 unspecified atom stereocenters. The first-order valence-corrected chi connectivity index (χ1v) is 4.79. The molecule has 0 N–H and O–H groups in total. The summed E-state index contributed by atoms with van der Waals surface area (Å²) in [6.45, 7) is 0. The van der Waals surface area contributed by atoms with E-state index in [9.17, 15) is 4.39 Å². The average Bonchev–Trinajstić information content (AvgIpc) is 2.63. The Morgan fingerprint density at radius 3 is 2.93 bits per heavy atom. The van der Waals surface area contributed by atoms with E-state index in [2.05, 4.69) is 0 Å². The lowest BCUT2D eigenvalue weighted by molar-refractivity contribution is 0.419. The number of hydrogen-bond acceptors (Lipinski definition) is 3. The van der Waals surface area contributed by atoms with Crippen molar-refractivity contribution in [3.63, 3.8) is 0 Å². The van der Waals surface area contributed by atoms with Gasteiger partial charge in [0.1, 0.15) is 17.6 Å². The van der Waals surface area contributed by atoms with E-state index in [4.69, 9.17) is 10.00 Å². The van der Waals surface area contributed by atoms with Crippen LogP contribution in [0, 0.1) is 17.1 Å². The van der Waals surface area contributed by atoms with Crippen LogP contribution in [0.2, 0.25) is 0 Å². The van der Waals surface area contributed by atoms with E-state index in [0.29, 0.717) is 21.4 Å². The van der Waals surface area contributed by atoms with Crippen LogP contribution in [-0.2, 0) is 0 Å². The quantitative estimate of drug-likeness (QED) is 0.720. The number of nitriles is 1. The summed E-state index contributed by atoms with van der Waals surface area (Å²) in [6, 6.07) is 4.89. The maximum atomic E-state index is 13.3. The molecule has 0 spiro atoms. The Morgan fingerprint density at radius 1 is 1.50 bits per heavy atom. The van der Waals surface area contributed by atoms with E-state index >= 15 is 0 Å². The van der Waals surface area contributed by atoms with Gasteiger partial charge >= 0.3 is 0 Å². The molecule has 0 aliphatic heterocycles. The van der Waals surface area contributed by atoms with Gasteiger partial charge in [-0.1, -0.05) is 0 Å². The summed E-state index contributed by atoms with van der Waals surface area (Å²) in [4.78, 5) is 0. The Bertz CT molecular complexity index is 527. The molecule has 1 aromatic heterocycles. The third-order valence-corrected chi connectivity index (χ3v) is 2.96. The number of benzene rings is 1. The minimum absolute atomic E-state index is 0.313. The largest absolute Gasteiger partial charge is 0.496 e. The minimum atomic E-state index is -0.313. The van der Waals surface area contributed by atoms with Gasteiger partial charge in [0.2, 0.25) is 0 Å². The average molecular weight is 207 g/mol. The van der Waals surface area contributed by atoms with E-state index in [1.165, 1.54) is 30.6 Å². The van der Waals surface area contributed by atoms with E-state index in [1.54, 1.807) is 5.38 Å². The van der Waals surface area contributed by atoms with Crippen molar-refractivity contribution >= 4 is 21.4 Å². The van der Waals surface area contributed by atoms with Gasteiger partial charge in [0.25, 0.3) is 0 Å². The molecule has 1 aromatic carbocycles. The van der Waals surface area contributed by atoms with Crippen molar-refractivity contribution in [1.82, 2.24) is 0 Å². The van der Waals surface area contributed by atoms with Gasteiger partial charge in [-0.2, -0.15) is 5.26 Å². The minimum Gasteiger partial charge on any atom is -0.496 e. The van der Waals surface area contributed by atoms with Gasteiger partial charge in [-0.15, -0.1) is 11.3 Å². The summed E-state index contributed by atoms with van der Waals surface area (Å²) in [7, 11) is 1.51. The Balaban J connectivity index is 2.90. The fourth-order valence-electron chi connectivity index (χ4n) is 1.34. The fourth-order valence-corrected chi connectivity index (χ4v) is 2.25. The highest BCUT2D eigenvalue weighted by Gasteiger charge is 2.12.